The number of hydrogen-bond acceptors (Lipinski definition) is 6. The first kappa shape index (κ1) is 23.1. The molecule has 1 heterocycles. The van der Waals surface area contributed by atoms with E-state index in [4.69, 9.17) is 4.74 Å². The lowest BCUT2D eigenvalue weighted by molar-refractivity contribution is 0.414. The Kier molecular flexibility index (Phi) is 7.15. The van der Waals surface area contributed by atoms with Gasteiger partial charge < -0.3 is 10.1 Å². The standard InChI is InChI=1S/C25H27N3O3S2/c1-19-7-5-8-21(17-19)28(18-20-11-13-22(31-2)14-12-20)33(29,30)16-6-15-26-25-27-23-9-3-4-10-24(23)32-25/h3-5,7-14,17H,6,15-16,18H2,1-2H3,(H,26,27). The van der Waals surface area contributed by atoms with Crippen LogP contribution in [0.5, 0.6) is 5.75 Å². The van der Waals surface area contributed by atoms with E-state index in [2.05, 4.69) is 10.3 Å². The number of anilines is 2. The highest BCUT2D eigenvalue weighted by atomic mass is 32.2. The summed E-state index contributed by atoms with van der Waals surface area (Å²) in [6.45, 7) is 2.76. The van der Waals surface area contributed by atoms with Gasteiger partial charge in [0.1, 0.15) is 5.75 Å². The fourth-order valence-corrected chi connectivity index (χ4v) is 5.94. The van der Waals surface area contributed by atoms with E-state index in [-0.39, 0.29) is 12.3 Å². The van der Waals surface area contributed by atoms with Gasteiger partial charge in [-0.1, -0.05) is 47.7 Å². The van der Waals surface area contributed by atoms with Crippen molar-refractivity contribution in [2.45, 2.75) is 19.9 Å². The average Bonchev–Trinajstić information content (AvgIpc) is 3.23. The number of benzene rings is 3. The molecule has 6 nitrogen and oxygen atoms in total. The maximum absolute atomic E-state index is 13.4. The SMILES string of the molecule is COc1ccc(CN(c2cccc(C)c2)S(=O)(=O)CCCNc2nc3ccccc3s2)cc1. The van der Waals surface area contributed by atoms with E-state index in [9.17, 15) is 8.42 Å². The number of hydrogen-bond donors (Lipinski definition) is 1. The Morgan fingerprint density at radius 2 is 1.82 bits per heavy atom. The predicted octanol–water partition coefficient (Wildman–Crippen LogP) is 5.45. The Hall–Kier alpha value is -3.10. The number of nitrogens with one attached hydrogen (secondary N) is 1. The minimum Gasteiger partial charge on any atom is -0.497 e. The van der Waals surface area contributed by atoms with Crippen molar-refractivity contribution in [2.24, 2.45) is 0 Å². The van der Waals surface area contributed by atoms with Crippen molar-refractivity contribution in [2.75, 3.05) is 29.0 Å². The van der Waals surface area contributed by atoms with Crippen LogP contribution in [0, 0.1) is 6.92 Å². The highest BCUT2D eigenvalue weighted by Crippen LogP contribution is 2.26. The molecule has 0 atom stereocenters. The number of nitrogens with zero attached hydrogens (tertiary/aromatic N) is 2. The fourth-order valence-electron chi connectivity index (χ4n) is 3.54. The van der Waals surface area contributed by atoms with Crippen molar-refractivity contribution in [1.82, 2.24) is 4.98 Å². The molecule has 1 N–H and O–H groups in total. The lowest BCUT2D eigenvalue weighted by Gasteiger charge is -2.25. The first-order chi connectivity index (χ1) is 15.9. The van der Waals surface area contributed by atoms with Crippen molar-refractivity contribution >= 4 is 42.4 Å². The van der Waals surface area contributed by atoms with Crippen LogP contribution in [0.25, 0.3) is 10.2 Å². The molecule has 0 aliphatic carbocycles. The third-order valence-electron chi connectivity index (χ3n) is 5.26. The molecule has 0 unspecified atom stereocenters. The van der Waals surface area contributed by atoms with E-state index in [1.807, 2.05) is 79.7 Å². The number of methoxy groups -OCH3 is 1. The molecule has 4 aromatic rings. The molecule has 0 saturated carbocycles. The molecule has 4 rings (SSSR count). The second kappa shape index (κ2) is 10.2. The predicted molar refractivity (Wildman–Crippen MR) is 137 cm³/mol. The summed E-state index contributed by atoms with van der Waals surface area (Å²) >= 11 is 1.57. The van der Waals surface area contributed by atoms with Crippen molar-refractivity contribution in [3.63, 3.8) is 0 Å². The van der Waals surface area contributed by atoms with Crippen LogP contribution in [0.2, 0.25) is 0 Å². The number of para-hydroxylation sites is 1. The van der Waals surface area contributed by atoms with E-state index in [1.165, 1.54) is 4.31 Å². The summed E-state index contributed by atoms with van der Waals surface area (Å²) in [6.07, 6.45) is 0.475. The summed E-state index contributed by atoms with van der Waals surface area (Å²) in [7, 11) is -1.93. The minimum absolute atomic E-state index is 0.0367. The maximum Gasteiger partial charge on any atom is 0.235 e. The quantitative estimate of drug-likeness (QED) is 0.305. The number of aromatic nitrogens is 1. The van der Waals surface area contributed by atoms with Crippen molar-refractivity contribution < 1.29 is 13.2 Å². The van der Waals surface area contributed by atoms with E-state index < -0.39 is 10.0 Å². The second-order valence-corrected chi connectivity index (χ2v) is 10.8. The normalized spacial score (nSPS) is 11.5. The Morgan fingerprint density at radius 3 is 2.55 bits per heavy atom. The van der Waals surface area contributed by atoms with Crippen LogP contribution in [0.15, 0.2) is 72.8 Å². The van der Waals surface area contributed by atoms with E-state index in [1.54, 1.807) is 18.4 Å². The molecule has 0 bridgehead atoms. The molecule has 3 aromatic carbocycles. The number of sulfonamides is 1. The van der Waals surface area contributed by atoms with Crippen molar-refractivity contribution in [3.8, 4) is 5.75 Å². The largest absolute Gasteiger partial charge is 0.497 e. The number of rotatable bonds is 10. The lowest BCUT2D eigenvalue weighted by atomic mass is 10.2. The number of aryl methyl sites for hydroxylation is 1. The van der Waals surface area contributed by atoms with Gasteiger partial charge in [-0.05, 0) is 60.9 Å². The molecule has 0 spiro atoms. The summed E-state index contributed by atoms with van der Waals surface area (Å²) in [5.41, 5.74) is 3.53. The van der Waals surface area contributed by atoms with Gasteiger partial charge in [-0.15, -0.1) is 0 Å². The van der Waals surface area contributed by atoms with Crippen LogP contribution in [-0.4, -0.2) is 32.8 Å². The van der Waals surface area contributed by atoms with E-state index >= 15 is 0 Å². The minimum atomic E-state index is -3.54. The third kappa shape index (κ3) is 5.83. The lowest BCUT2D eigenvalue weighted by Crippen LogP contribution is -2.33. The van der Waals surface area contributed by atoms with Gasteiger partial charge in [0, 0.05) is 6.54 Å². The van der Waals surface area contributed by atoms with Crippen LogP contribution < -0.4 is 14.4 Å². The first-order valence-corrected chi connectivity index (χ1v) is 13.2. The Bertz CT molecular complexity index is 1290. The maximum atomic E-state index is 13.4. The Morgan fingerprint density at radius 1 is 1.03 bits per heavy atom. The Labute approximate surface area is 198 Å². The fraction of sp³-hybridized carbons (Fsp3) is 0.240. The van der Waals surface area contributed by atoms with Crippen LogP contribution in [0.3, 0.4) is 0 Å². The monoisotopic (exact) mass is 481 g/mol. The van der Waals surface area contributed by atoms with Crippen LogP contribution in [0.1, 0.15) is 17.5 Å². The van der Waals surface area contributed by atoms with Crippen LogP contribution in [-0.2, 0) is 16.6 Å². The summed E-state index contributed by atoms with van der Waals surface area (Å²) in [4.78, 5) is 4.55. The summed E-state index contributed by atoms with van der Waals surface area (Å²) in [6, 6.07) is 23.0. The highest BCUT2D eigenvalue weighted by molar-refractivity contribution is 7.92. The molecule has 0 fully saturated rings. The van der Waals surface area contributed by atoms with Crippen LogP contribution in [0.4, 0.5) is 10.8 Å². The van der Waals surface area contributed by atoms with Gasteiger partial charge in [-0.25, -0.2) is 13.4 Å². The molecule has 0 radical (unpaired) electrons. The molecule has 33 heavy (non-hydrogen) atoms. The number of fused-ring (bicyclic) bond motifs is 1. The average molecular weight is 482 g/mol. The highest BCUT2D eigenvalue weighted by Gasteiger charge is 2.23. The molecule has 8 heteroatoms. The molecule has 172 valence electrons. The first-order valence-electron chi connectivity index (χ1n) is 10.7. The van der Waals surface area contributed by atoms with Gasteiger partial charge in [-0.3, -0.25) is 4.31 Å². The molecule has 0 aliphatic rings. The van der Waals surface area contributed by atoms with Crippen molar-refractivity contribution in [3.05, 3.63) is 83.9 Å². The second-order valence-electron chi connectivity index (χ2n) is 7.78. The Balaban J connectivity index is 1.45. The zero-order chi connectivity index (χ0) is 23.3. The van der Waals surface area contributed by atoms with Gasteiger partial charge in [0.2, 0.25) is 10.0 Å². The molecular weight excluding hydrogens is 454 g/mol. The van der Waals surface area contributed by atoms with Crippen molar-refractivity contribution in [1.29, 1.82) is 0 Å². The summed E-state index contributed by atoms with van der Waals surface area (Å²) in [5, 5.41) is 4.08. The van der Waals surface area contributed by atoms with Gasteiger partial charge in [0.15, 0.2) is 5.13 Å². The smallest absolute Gasteiger partial charge is 0.235 e. The van der Waals surface area contributed by atoms with Gasteiger partial charge >= 0.3 is 0 Å². The van der Waals surface area contributed by atoms with Crippen LogP contribution >= 0.6 is 11.3 Å². The zero-order valence-electron chi connectivity index (χ0n) is 18.7. The molecule has 1 aromatic heterocycles. The zero-order valence-corrected chi connectivity index (χ0v) is 20.3. The third-order valence-corrected chi connectivity index (χ3v) is 8.07. The van der Waals surface area contributed by atoms with Gasteiger partial charge in [0.05, 0.1) is 35.3 Å². The molecular formula is C25H27N3O3S2. The molecule has 0 aliphatic heterocycles. The summed E-state index contributed by atoms with van der Waals surface area (Å²) < 4.78 is 34.6. The van der Waals surface area contributed by atoms with Gasteiger partial charge in [-0.2, -0.15) is 0 Å². The van der Waals surface area contributed by atoms with E-state index in [0.29, 0.717) is 18.7 Å². The van der Waals surface area contributed by atoms with Gasteiger partial charge in [0.25, 0.3) is 0 Å². The molecule has 0 saturated heterocycles. The summed E-state index contributed by atoms with van der Waals surface area (Å²) in [5.74, 6) is 0.777. The van der Waals surface area contributed by atoms with E-state index in [0.717, 1.165) is 32.2 Å². The number of thiazole rings is 1. The number of ether oxygens (including phenoxy) is 1. The topological polar surface area (TPSA) is 71.5 Å². The molecule has 0 amide bonds.